The Labute approximate surface area is 212 Å². The summed E-state index contributed by atoms with van der Waals surface area (Å²) in [5.74, 6) is -0.868. The molecule has 0 fully saturated rings. The van der Waals surface area contributed by atoms with Crippen LogP contribution >= 0.6 is 11.6 Å². The second-order valence-corrected chi connectivity index (χ2v) is 9.71. The van der Waals surface area contributed by atoms with Crippen LogP contribution in [0.15, 0.2) is 75.9 Å². The molecule has 0 radical (unpaired) electrons. The lowest BCUT2D eigenvalue weighted by Crippen LogP contribution is -2.53. The van der Waals surface area contributed by atoms with Crippen molar-refractivity contribution in [2.24, 2.45) is 0 Å². The molecule has 0 N–H and O–H groups in total. The van der Waals surface area contributed by atoms with Crippen LogP contribution < -0.4 is 10.3 Å². The second kappa shape index (κ2) is 8.07. The van der Waals surface area contributed by atoms with Crippen molar-refractivity contribution in [2.45, 2.75) is 32.4 Å². The van der Waals surface area contributed by atoms with Gasteiger partial charge in [0.25, 0.3) is 11.8 Å². The molecule has 4 aromatic rings. The quantitative estimate of drug-likeness (QED) is 0.377. The van der Waals surface area contributed by atoms with E-state index >= 15 is 0 Å². The number of fused-ring (bicyclic) bond motifs is 5. The van der Waals surface area contributed by atoms with E-state index in [1.54, 1.807) is 17.0 Å². The summed E-state index contributed by atoms with van der Waals surface area (Å²) in [5, 5.41) is 0.618. The van der Waals surface area contributed by atoms with Crippen molar-refractivity contribution in [3.8, 4) is 0 Å². The van der Waals surface area contributed by atoms with Crippen LogP contribution in [0.25, 0.3) is 11.0 Å². The van der Waals surface area contributed by atoms with E-state index in [0.717, 1.165) is 11.1 Å². The maximum atomic E-state index is 14.6. The summed E-state index contributed by atoms with van der Waals surface area (Å²) in [6.45, 7) is 4.54. The SMILES string of the molecule is CCCN1C(=O)c2oc3ccc(Cl)cc3c(=O)c2C12C(=O)N(Cc1ccccc1C)c1ccccc12. The van der Waals surface area contributed by atoms with E-state index in [9.17, 15) is 14.4 Å². The Kier molecular flexibility index (Phi) is 5.05. The van der Waals surface area contributed by atoms with Gasteiger partial charge in [-0.15, -0.1) is 0 Å². The monoisotopic (exact) mass is 498 g/mol. The van der Waals surface area contributed by atoms with Crippen molar-refractivity contribution in [1.29, 1.82) is 0 Å². The highest BCUT2D eigenvalue weighted by atomic mass is 35.5. The number of para-hydroxylation sites is 1. The summed E-state index contributed by atoms with van der Waals surface area (Å²) >= 11 is 6.20. The molecule has 0 saturated carbocycles. The molecule has 0 aliphatic carbocycles. The number of carbonyl (C=O) groups is 2. The summed E-state index contributed by atoms with van der Waals surface area (Å²) in [5.41, 5.74) is 1.65. The lowest BCUT2D eigenvalue weighted by molar-refractivity contribution is -0.126. The van der Waals surface area contributed by atoms with Crippen LogP contribution in [0.5, 0.6) is 0 Å². The zero-order valence-electron chi connectivity index (χ0n) is 19.9. The van der Waals surface area contributed by atoms with Crippen molar-refractivity contribution in [3.05, 3.63) is 110 Å². The molecule has 3 aromatic carbocycles. The Hall–Kier alpha value is -3.90. The van der Waals surface area contributed by atoms with Crippen LogP contribution in [-0.4, -0.2) is 23.3 Å². The van der Waals surface area contributed by atoms with Crippen LogP contribution in [0.4, 0.5) is 5.69 Å². The predicted octanol–water partition coefficient (Wildman–Crippen LogP) is 5.41. The Morgan fingerprint density at radius 1 is 0.972 bits per heavy atom. The molecule has 1 unspecified atom stereocenters. The van der Waals surface area contributed by atoms with Gasteiger partial charge < -0.3 is 14.2 Å². The number of rotatable bonds is 4. The highest BCUT2D eigenvalue weighted by molar-refractivity contribution is 6.31. The fourth-order valence-corrected chi connectivity index (χ4v) is 5.77. The number of aryl methyl sites for hydroxylation is 1. The van der Waals surface area contributed by atoms with Gasteiger partial charge in [-0.2, -0.15) is 0 Å². The molecule has 36 heavy (non-hydrogen) atoms. The number of carbonyl (C=O) groups excluding carboxylic acids is 2. The van der Waals surface area contributed by atoms with Crippen LogP contribution in [-0.2, 0) is 16.9 Å². The first-order chi connectivity index (χ1) is 17.4. The van der Waals surface area contributed by atoms with Gasteiger partial charge in [-0.1, -0.05) is 61.0 Å². The molecule has 2 aliphatic heterocycles. The molecular weight excluding hydrogens is 476 g/mol. The van der Waals surface area contributed by atoms with Crippen molar-refractivity contribution in [2.75, 3.05) is 11.4 Å². The number of benzene rings is 3. The Morgan fingerprint density at radius 2 is 1.72 bits per heavy atom. The highest BCUT2D eigenvalue weighted by Gasteiger charge is 2.64. The van der Waals surface area contributed by atoms with Gasteiger partial charge in [-0.3, -0.25) is 14.4 Å². The summed E-state index contributed by atoms with van der Waals surface area (Å²) in [7, 11) is 0. The van der Waals surface area contributed by atoms with E-state index < -0.39 is 16.9 Å². The van der Waals surface area contributed by atoms with Crippen LogP contribution in [0.1, 0.15) is 46.2 Å². The molecule has 180 valence electrons. The molecule has 0 saturated heterocycles. The lowest BCUT2D eigenvalue weighted by atomic mass is 9.84. The van der Waals surface area contributed by atoms with Crippen molar-refractivity contribution >= 4 is 40.1 Å². The number of hydrogen-bond donors (Lipinski definition) is 0. The Balaban J connectivity index is 1.67. The van der Waals surface area contributed by atoms with Gasteiger partial charge in [0.05, 0.1) is 23.2 Å². The normalized spacial score (nSPS) is 18.4. The van der Waals surface area contributed by atoms with Gasteiger partial charge in [0, 0.05) is 17.1 Å². The predicted molar refractivity (Wildman–Crippen MR) is 138 cm³/mol. The summed E-state index contributed by atoms with van der Waals surface area (Å²) in [6, 6.07) is 20.0. The van der Waals surface area contributed by atoms with Crippen LogP contribution in [0, 0.1) is 6.92 Å². The van der Waals surface area contributed by atoms with Gasteiger partial charge in [0.15, 0.2) is 11.0 Å². The van der Waals surface area contributed by atoms with Gasteiger partial charge in [-0.05, 0) is 48.7 Å². The standard InChI is InChI=1S/C29H23ClN2O4/c1-3-14-32-27(34)26-24(25(33)20-15-19(30)12-13-23(20)36-26)29(32)21-10-6-7-11-22(21)31(28(29)35)16-18-9-5-4-8-17(18)2/h4-13,15H,3,14,16H2,1-2H3. The van der Waals surface area contributed by atoms with E-state index in [-0.39, 0.29) is 34.7 Å². The van der Waals surface area contributed by atoms with Crippen LogP contribution in [0.3, 0.4) is 0 Å². The molecule has 0 bridgehead atoms. The van der Waals surface area contributed by atoms with Gasteiger partial charge in [0.2, 0.25) is 5.76 Å². The maximum absolute atomic E-state index is 14.6. The summed E-state index contributed by atoms with van der Waals surface area (Å²) < 4.78 is 6.03. The fourth-order valence-electron chi connectivity index (χ4n) is 5.60. The first kappa shape index (κ1) is 22.6. The van der Waals surface area contributed by atoms with E-state index in [1.807, 2.05) is 62.4 Å². The minimum absolute atomic E-state index is 0.0699. The van der Waals surface area contributed by atoms with Gasteiger partial charge >= 0.3 is 0 Å². The minimum Gasteiger partial charge on any atom is -0.450 e. The topological polar surface area (TPSA) is 70.8 Å². The molecule has 2 amide bonds. The first-order valence-electron chi connectivity index (χ1n) is 11.9. The van der Waals surface area contributed by atoms with E-state index in [4.69, 9.17) is 16.0 Å². The van der Waals surface area contributed by atoms with E-state index in [1.165, 1.54) is 11.0 Å². The fraction of sp³-hybridized carbons (Fsp3) is 0.207. The largest absolute Gasteiger partial charge is 0.450 e. The molecule has 1 spiro atoms. The molecule has 7 heteroatoms. The van der Waals surface area contributed by atoms with Gasteiger partial charge in [-0.25, -0.2) is 0 Å². The summed E-state index contributed by atoms with van der Waals surface area (Å²) in [4.78, 5) is 45.6. The van der Waals surface area contributed by atoms with Crippen LogP contribution in [0.2, 0.25) is 5.02 Å². The molecule has 6 nitrogen and oxygen atoms in total. The third kappa shape index (κ3) is 2.88. The van der Waals surface area contributed by atoms with Crippen molar-refractivity contribution < 1.29 is 14.0 Å². The molecule has 1 aromatic heterocycles. The Bertz CT molecular complexity index is 1640. The Morgan fingerprint density at radius 3 is 2.50 bits per heavy atom. The average molecular weight is 499 g/mol. The maximum Gasteiger partial charge on any atom is 0.291 e. The lowest BCUT2D eigenvalue weighted by Gasteiger charge is -2.34. The number of hydrogen-bond acceptors (Lipinski definition) is 4. The zero-order valence-corrected chi connectivity index (χ0v) is 20.6. The van der Waals surface area contributed by atoms with Crippen molar-refractivity contribution in [3.63, 3.8) is 0 Å². The summed E-state index contributed by atoms with van der Waals surface area (Å²) in [6.07, 6.45) is 0.605. The van der Waals surface area contributed by atoms with E-state index in [2.05, 4.69) is 0 Å². The molecule has 3 heterocycles. The second-order valence-electron chi connectivity index (χ2n) is 9.28. The molecule has 2 aliphatic rings. The van der Waals surface area contributed by atoms with Crippen molar-refractivity contribution in [1.82, 2.24) is 4.90 Å². The number of amides is 2. The molecular formula is C29H23ClN2O4. The third-order valence-electron chi connectivity index (χ3n) is 7.23. The van der Waals surface area contributed by atoms with Gasteiger partial charge in [0.1, 0.15) is 5.58 Å². The third-order valence-corrected chi connectivity index (χ3v) is 7.47. The first-order valence-corrected chi connectivity index (χ1v) is 12.3. The molecule has 6 rings (SSSR count). The minimum atomic E-state index is -1.60. The zero-order chi connectivity index (χ0) is 25.2. The highest BCUT2D eigenvalue weighted by Crippen LogP contribution is 2.53. The number of anilines is 1. The molecule has 1 atom stereocenters. The van der Waals surface area contributed by atoms with E-state index in [0.29, 0.717) is 29.2 Å². The smallest absolute Gasteiger partial charge is 0.291 e. The number of halogens is 1. The average Bonchev–Trinajstić information content (AvgIpc) is 3.26. The number of nitrogens with zero attached hydrogens (tertiary/aromatic N) is 2.